The van der Waals surface area contributed by atoms with Gasteiger partial charge in [0, 0.05) is 30.0 Å². The van der Waals surface area contributed by atoms with Crippen molar-refractivity contribution in [2.75, 3.05) is 12.3 Å². The van der Waals surface area contributed by atoms with E-state index in [9.17, 15) is 14.4 Å². The third-order valence-corrected chi connectivity index (χ3v) is 5.69. The molecule has 0 spiro atoms. The Balaban J connectivity index is 1.76. The molecule has 1 aliphatic heterocycles. The van der Waals surface area contributed by atoms with Crippen molar-refractivity contribution in [1.82, 2.24) is 9.88 Å². The minimum atomic E-state index is -0.898. The number of nitrogens with two attached hydrogens (primary N) is 2. The molecule has 0 radical (unpaired) electrons. The van der Waals surface area contributed by atoms with Crippen LogP contribution < -0.4 is 11.5 Å². The summed E-state index contributed by atoms with van der Waals surface area (Å²) in [5.41, 5.74) is 15.0. The number of alkyl halides is 1. The summed E-state index contributed by atoms with van der Waals surface area (Å²) in [4.78, 5) is 42.7. The number of anilines is 1. The van der Waals surface area contributed by atoms with E-state index < -0.39 is 17.9 Å². The van der Waals surface area contributed by atoms with Gasteiger partial charge in [0.05, 0.1) is 12.3 Å². The zero-order chi connectivity index (χ0) is 23.3. The number of esters is 1. The maximum absolute atomic E-state index is 12.9. The number of ether oxygens (including phenoxy) is 1. The summed E-state index contributed by atoms with van der Waals surface area (Å²) in [6, 6.07) is 7.99. The van der Waals surface area contributed by atoms with Crippen molar-refractivity contribution in [3.8, 4) is 11.3 Å². The molecule has 9 heteroatoms. The second-order valence-corrected chi connectivity index (χ2v) is 8.02. The largest absolute Gasteiger partial charge is 0.466 e. The van der Waals surface area contributed by atoms with Gasteiger partial charge in [0.1, 0.15) is 11.9 Å². The molecule has 0 saturated carbocycles. The van der Waals surface area contributed by atoms with Crippen molar-refractivity contribution in [3.05, 3.63) is 47.0 Å². The topological polar surface area (TPSA) is 129 Å². The Bertz CT molecular complexity index is 1030. The number of aromatic nitrogens is 1. The van der Waals surface area contributed by atoms with Crippen LogP contribution in [0.3, 0.4) is 0 Å². The highest BCUT2D eigenvalue weighted by molar-refractivity contribution is 6.17. The molecule has 0 fully saturated rings. The number of hydrogen-bond acceptors (Lipinski definition) is 6. The molecule has 0 saturated heterocycles. The van der Waals surface area contributed by atoms with E-state index in [1.54, 1.807) is 18.2 Å². The molecule has 32 heavy (non-hydrogen) atoms. The molecule has 1 aromatic carbocycles. The lowest BCUT2D eigenvalue weighted by atomic mass is 10.0. The van der Waals surface area contributed by atoms with Crippen LogP contribution in [0.1, 0.15) is 54.1 Å². The van der Waals surface area contributed by atoms with Gasteiger partial charge in [0.15, 0.2) is 0 Å². The molecule has 1 aliphatic rings. The van der Waals surface area contributed by atoms with Gasteiger partial charge in [-0.1, -0.05) is 19.4 Å². The first-order chi connectivity index (χ1) is 15.3. The molecular formula is C23H27ClN4O4. The zero-order valence-corrected chi connectivity index (χ0v) is 18.7. The number of hydrogen-bond donors (Lipinski definition) is 2. The average Bonchev–Trinajstić information content (AvgIpc) is 3.09. The Labute approximate surface area is 191 Å². The summed E-state index contributed by atoms with van der Waals surface area (Å²) in [7, 11) is 0. The van der Waals surface area contributed by atoms with E-state index in [0.717, 1.165) is 29.5 Å². The molecule has 1 atom stereocenters. The molecule has 0 bridgehead atoms. The first kappa shape index (κ1) is 23.5. The number of rotatable bonds is 10. The van der Waals surface area contributed by atoms with Gasteiger partial charge in [0.25, 0.3) is 5.91 Å². The van der Waals surface area contributed by atoms with Gasteiger partial charge < -0.3 is 21.1 Å². The van der Waals surface area contributed by atoms with Crippen molar-refractivity contribution in [3.63, 3.8) is 0 Å². The lowest BCUT2D eigenvalue weighted by molar-refractivity contribution is -0.144. The highest BCUT2D eigenvalue weighted by atomic mass is 35.5. The molecule has 170 valence electrons. The van der Waals surface area contributed by atoms with Crippen molar-refractivity contribution in [2.24, 2.45) is 5.73 Å². The number of amides is 2. The Morgan fingerprint density at radius 1 is 1.28 bits per heavy atom. The number of carbonyl (C=O) groups excluding carboxylic acids is 3. The number of nitrogen functional groups attached to an aromatic ring is 1. The first-order valence-corrected chi connectivity index (χ1v) is 11.1. The molecule has 1 aromatic heterocycles. The van der Waals surface area contributed by atoms with E-state index in [1.165, 1.54) is 4.90 Å². The average molecular weight is 459 g/mol. The van der Waals surface area contributed by atoms with Crippen LogP contribution in [0.5, 0.6) is 0 Å². The predicted octanol–water partition coefficient (Wildman–Crippen LogP) is 3.00. The lowest BCUT2D eigenvalue weighted by Gasteiger charge is -2.24. The van der Waals surface area contributed by atoms with Gasteiger partial charge >= 0.3 is 5.97 Å². The minimum absolute atomic E-state index is 0.0110. The summed E-state index contributed by atoms with van der Waals surface area (Å²) in [6.45, 7) is 2.56. The van der Waals surface area contributed by atoms with Crippen LogP contribution in [0.25, 0.3) is 11.3 Å². The number of unbranched alkanes of at least 4 members (excludes halogenated alkanes) is 1. The fourth-order valence-electron chi connectivity index (χ4n) is 3.70. The fourth-order valence-corrected chi connectivity index (χ4v) is 3.85. The molecule has 8 nitrogen and oxygen atoms in total. The van der Waals surface area contributed by atoms with Crippen LogP contribution in [0.15, 0.2) is 30.3 Å². The summed E-state index contributed by atoms with van der Waals surface area (Å²) in [5, 5.41) is 0. The Hall–Kier alpha value is -3.13. The SMILES string of the molecule is CCCCOC(=O)CC[C@@H](C(N)=O)N1Cc2cc(-c3cc(CCl)cc(N)n3)ccc2C1=O. The third kappa shape index (κ3) is 5.37. The predicted molar refractivity (Wildman–Crippen MR) is 122 cm³/mol. The van der Waals surface area contributed by atoms with E-state index in [-0.39, 0.29) is 25.3 Å². The highest BCUT2D eigenvalue weighted by Crippen LogP contribution is 2.31. The van der Waals surface area contributed by atoms with Gasteiger partial charge in [-0.25, -0.2) is 4.98 Å². The van der Waals surface area contributed by atoms with Crippen LogP contribution in [0.4, 0.5) is 5.82 Å². The van der Waals surface area contributed by atoms with Gasteiger partial charge in [-0.3, -0.25) is 14.4 Å². The number of halogens is 1. The number of nitrogens with zero attached hydrogens (tertiary/aromatic N) is 2. The van der Waals surface area contributed by atoms with Crippen molar-refractivity contribution >= 4 is 35.2 Å². The number of primary amides is 1. The van der Waals surface area contributed by atoms with Gasteiger partial charge in [0.2, 0.25) is 5.91 Å². The number of pyridine rings is 1. The molecule has 0 unspecified atom stereocenters. The molecule has 2 heterocycles. The van der Waals surface area contributed by atoms with Crippen molar-refractivity contribution in [2.45, 2.75) is 51.1 Å². The van der Waals surface area contributed by atoms with E-state index in [0.29, 0.717) is 29.6 Å². The van der Waals surface area contributed by atoms with E-state index in [2.05, 4.69) is 4.98 Å². The second kappa shape index (κ2) is 10.5. The monoisotopic (exact) mass is 458 g/mol. The standard InChI is InChI=1S/C23H27ClN4O4/c1-2-3-8-32-21(29)7-6-19(22(26)30)28-13-16-11-15(4-5-17(16)23(28)31)18-9-14(12-24)10-20(25)27-18/h4-5,9-11,19H,2-3,6-8,12-13H2,1H3,(H2,25,27)(H2,26,30)/t19-/m0/s1. The molecular weight excluding hydrogens is 432 g/mol. The van der Waals surface area contributed by atoms with Gasteiger partial charge in [-0.15, -0.1) is 11.6 Å². The van der Waals surface area contributed by atoms with Gasteiger partial charge in [-0.05, 0) is 48.2 Å². The smallest absolute Gasteiger partial charge is 0.305 e. The molecule has 3 rings (SSSR count). The number of benzene rings is 1. The molecule has 4 N–H and O–H groups in total. The van der Waals surface area contributed by atoms with Crippen LogP contribution in [0, 0.1) is 0 Å². The lowest BCUT2D eigenvalue weighted by Crippen LogP contribution is -2.45. The van der Waals surface area contributed by atoms with E-state index >= 15 is 0 Å². The van der Waals surface area contributed by atoms with E-state index in [4.69, 9.17) is 27.8 Å². The fraction of sp³-hybridized carbons (Fsp3) is 0.391. The van der Waals surface area contributed by atoms with Crippen LogP contribution in [0.2, 0.25) is 0 Å². The van der Waals surface area contributed by atoms with Crippen molar-refractivity contribution < 1.29 is 19.1 Å². The van der Waals surface area contributed by atoms with Crippen LogP contribution in [-0.4, -0.2) is 40.3 Å². The molecule has 0 aliphatic carbocycles. The van der Waals surface area contributed by atoms with Crippen LogP contribution in [-0.2, 0) is 26.8 Å². The molecule has 2 amide bonds. The minimum Gasteiger partial charge on any atom is -0.466 e. The maximum Gasteiger partial charge on any atom is 0.305 e. The Kier molecular flexibility index (Phi) is 7.69. The zero-order valence-electron chi connectivity index (χ0n) is 18.0. The number of fused-ring (bicyclic) bond motifs is 1. The Morgan fingerprint density at radius 2 is 2.06 bits per heavy atom. The van der Waals surface area contributed by atoms with Gasteiger partial charge in [-0.2, -0.15) is 0 Å². The quantitative estimate of drug-likeness (QED) is 0.320. The normalized spacial score (nSPS) is 13.7. The van der Waals surface area contributed by atoms with Crippen molar-refractivity contribution in [1.29, 1.82) is 0 Å². The first-order valence-electron chi connectivity index (χ1n) is 10.6. The Morgan fingerprint density at radius 3 is 2.75 bits per heavy atom. The summed E-state index contributed by atoms with van der Waals surface area (Å²) in [5.74, 6) is -0.693. The summed E-state index contributed by atoms with van der Waals surface area (Å²) in [6.07, 6.45) is 1.82. The second-order valence-electron chi connectivity index (χ2n) is 7.75. The highest BCUT2D eigenvalue weighted by Gasteiger charge is 2.35. The third-order valence-electron chi connectivity index (χ3n) is 5.38. The molecule has 2 aromatic rings. The maximum atomic E-state index is 12.9. The summed E-state index contributed by atoms with van der Waals surface area (Å²) < 4.78 is 5.14. The summed E-state index contributed by atoms with van der Waals surface area (Å²) >= 11 is 5.93. The van der Waals surface area contributed by atoms with Crippen LogP contribution >= 0.6 is 11.6 Å². The van der Waals surface area contributed by atoms with E-state index in [1.807, 2.05) is 19.1 Å². The number of carbonyl (C=O) groups is 3.